The van der Waals surface area contributed by atoms with Gasteiger partial charge in [0, 0.05) is 36.6 Å². The van der Waals surface area contributed by atoms with Gasteiger partial charge in [-0.15, -0.1) is 11.8 Å². The summed E-state index contributed by atoms with van der Waals surface area (Å²) in [4.78, 5) is 12.4. The molecule has 0 fully saturated rings. The second kappa shape index (κ2) is 6.85. The van der Waals surface area contributed by atoms with Crippen LogP contribution < -0.4 is 5.48 Å². The van der Waals surface area contributed by atoms with E-state index in [4.69, 9.17) is 5.21 Å². The van der Waals surface area contributed by atoms with Crippen molar-refractivity contribution in [1.82, 2.24) is 19.8 Å². The van der Waals surface area contributed by atoms with E-state index in [2.05, 4.69) is 22.1 Å². The molecule has 1 atom stereocenters. The Hall–Kier alpha value is -1.99. The Labute approximate surface area is 132 Å². The van der Waals surface area contributed by atoms with Crippen molar-refractivity contribution in [3.63, 3.8) is 0 Å². The van der Waals surface area contributed by atoms with Gasteiger partial charge in [-0.2, -0.15) is 5.10 Å². The molecule has 0 spiro atoms. The fourth-order valence-electron chi connectivity index (χ4n) is 2.41. The lowest BCUT2D eigenvalue weighted by Crippen LogP contribution is -2.28. The van der Waals surface area contributed by atoms with Gasteiger partial charge in [0.05, 0.1) is 10.9 Å². The first-order valence-electron chi connectivity index (χ1n) is 7.21. The zero-order chi connectivity index (χ0) is 15.4. The number of aromatic nitrogens is 3. The Balaban J connectivity index is 1.52. The molecule has 0 saturated carbocycles. The molecule has 0 bridgehead atoms. The number of aryl methyl sites for hydroxylation is 2. The summed E-state index contributed by atoms with van der Waals surface area (Å²) >= 11 is 1.44. The standard InChI is InChI=1S/C15H18N4O2S/c20-15(17-21)14-5-4-13(22-14)12-6-11-19(16-12)10-3-9-18-7-1-2-8-18/h1-2,4,6-8,11,14,21H,3,5,9-10H2,(H,17,20). The normalized spacial score (nSPS) is 17.5. The van der Waals surface area contributed by atoms with Crippen LogP contribution in [0.25, 0.3) is 4.91 Å². The molecule has 3 rings (SSSR count). The zero-order valence-electron chi connectivity index (χ0n) is 12.1. The van der Waals surface area contributed by atoms with Crippen LogP contribution in [0, 0.1) is 0 Å². The summed E-state index contributed by atoms with van der Waals surface area (Å²) in [6.07, 6.45) is 9.70. The summed E-state index contributed by atoms with van der Waals surface area (Å²) in [6.45, 7) is 1.83. The maximum Gasteiger partial charge on any atom is 0.257 e. The lowest BCUT2D eigenvalue weighted by Gasteiger charge is -2.06. The summed E-state index contributed by atoms with van der Waals surface area (Å²) in [5.74, 6) is -0.359. The number of allylic oxidation sites excluding steroid dienone is 1. The number of nitrogens with one attached hydrogen (secondary N) is 1. The highest BCUT2D eigenvalue weighted by Crippen LogP contribution is 2.38. The van der Waals surface area contributed by atoms with Crippen LogP contribution in [0.1, 0.15) is 18.5 Å². The molecule has 3 heterocycles. The highest BCUT2D eigenvalue weighted by molar-refractivity contribution is 8.09. The molecule has 1 aliphatic heterocycles. The molecular formula is C15H18N4O2S. The van der Waals surface area contributed by atoms with Crippen molar-refractivity contribution in [3.05, 3.63) is 48.6 Å². The molecule has 6 nitrogen and oxygen atoms in total. The van der Waals surface area contributed by atoms with Gasteiger partial charge in [-0.3, -0.25) is 14.7 Å². The van der Waals surface area contributed by atoms with E-state index in [1.807, 2.05) is 35.2 Å². The van der Waals surface area contributed by atoms with Crippen molar-refractivity contribution in [2.75, 3.05) is 0 Å². The van der Waals surface area contributed by atoms with E-state index in [-0.39, 0.29) is 11.2 Å². The summed E-state index contributed by atoms with van der Waals surface area (Å²) in [5.41, 5.74) is 2.59. The topological polar surface area (TPSA) is 72.1 Å². The van der Waals surface area contributed by atoms with E-state index in [0.29, 0.717) is 6.42 Å². The highest BCUT2D eigenvalue weighted by Gasteiger charge is 2.26. The number of thioether (sulfide) groups is 1. The van der Waals surface area contributed by atoms with Gasteiger partial charge in [0.1, 0.15) is 0 Å². The molecule has 0 aliphatic carbocycles. The van der Waals surface area contributed by atoms with Crippen molar-refractivity contribution in [2.45, 2.75) is 31.2 Å². The third-order valence-electron chi connectivity index (χ3n) is 3.55. The summed E-state index contributed by atoms with van der Waals surface area (Å²) < 4.78 is 4.08. The first-order chi connectivity index (χ1) is 10.8. The zero-order valence-corrected chi connectivity index (χ0v) is 12.9. The van der Waals surface area contributed by atoms with Gasteiger partial charge in [-0.1, -0.05) is 6.08 Å². The molecule has 0 aromatic carbocycles. The van der Waals surface area contributed by atoms with Crippen LogP contribution in [-0.2, 0) is 17.9 Å². The third kappa shape index (κ3) is 3.42. The van der Waals surface area contributed by atoms with Gasteiger partial charge in [0.15, 0.2) is 0 Å². The summed E-state index contributed by atoms with van der Waals surface area (Å²) in [7, 11) is 0. The maximum atomic E-state index is 11.4. The molecule has 1 aliphatic rings. The predicted molar refractivity (Wildman–Crippen MR) is 85.2 cm³/mol. The SMILES string of the molecule is O=C(NO)C1CC=C(c2ccn(CCCn3cccc3)n2)S1. The number of carbonyl (C=O) groups is 1. The Morgan fingerprint density at radius 2 is 2.18 bits per heavy atom. The number of amides is 1. The van der Waals surface area contributed by atoms with Crippen molar-refractivity contribution in [3.8, 4) is 0 Å². The van der Waals surface area contributed by atoms with Gasteiger partial charge in [0.2, 0.25) is 0 Å². The van der Waals surface area contributed by atoms with Crippen molar-refractivity contribution < 1.29 is 10.0 Å². The number of hydroxylamine groups is 1. The van der Waals surface area contributed by atoms with Gasteiger partial charge in [-0.05, 0) is 31.0 Å². The molecule has 7 heteroatoms. The maximum absolute atomic E-state index is 11.4. The van der Waals surface area contributed by atoms with Crippen LogP contribution in [0.3, 0.4) is 0 Å². The molecular weight excluding hydrogens is 300 g/mol. The molecule has 116 valence electrons. The number of carbonyl (C=O) groups excluding carboxylic acids is 1. The largest absolute Gasteiger partial charge is 0.354 e. The number of nitrogens with zero attached hydrogens (tertiary/aromatic N) is 3. The molecule has 2 aromatic rings. The fraction of sp³-hybridized carbons (Fsp3) is 0.333. The first kappa shape index (κ1) is 14.9. The molecule has 22 heavy (non-hydrogen) atoms. The lowest BCUT2D eigenvalue weighted by molar-refractivity contribution is -0.128. The van der Waals surface area contributed by atoms with Crippen molar-refractivity contribution in [1.29, 1.82) is 0 Å². The molecule has 2 aromatic heterocycles. The number of rotatable bonds is 6. The molecule has 0 saturated heterocycles. The van der Waals surface area contributed by atoms with Gasteiger partial charge >= 0.3 is 0 Å². The number of hydrogen-bond acceptors (Lipinski definition) is 4. The summed E-state index contributed by atoms with van der Waals surface area (Å²) in [6, 6.07) is 6.01. The Morgan fingerprint density at radius 1 is 1.36 bits per heavy atom. The van der Waals surface area contributed by atoms with E-state index >= 15 is 0 Å². The Morgan fingerprint density at radius 3 is 2.95 bits per heavy atom. The predicted octanol–water partition coefficient (Wildman–Crippen LogP) is 2.13. The van der Waals surface area contributed by atoms with Crippen molar-refractivity contribution in [2.24, 2.45) is 0 Å². The first-order valence-corrected chi connectivity index (χ1v) is 8.09. The molecule has 0 radical (unpaired) electrons. The minimum atomic E-state index is -0.359. The Kier molecular flexibility index (Phi) is 4.65. The molecule has 2 N–H and O–H groups in total. The minimum Gasteiger partial charge on any atom is -0.354 e. The van der Waals surface area contributed by atoms with Gasteiger partial charge in [-0.25, -0.2) is 5.48 Å². The van der Waals surface area contributed by atoms with Crippen molar-refractivity contribution >= 4 is 22.6 Å². The van der Waals surface area contributed by atoms with Gasteiger partial charge in [0.25, 0.3) is 5.91 Å². The van der Waals surface area contributed by atoms with Crippen LogP contribution in [0.15, 0.2) is 42.9 Å². The average Bonchev–Trinajstić information content (AvgIpc) is 3.27. The second-order valence-corrected chi connectivity index (χ2v) is 6.37. The summed E-state index contributed by atoms with van der Waals surface area (Å²) in [5, 5.41) is 13.0. The smallest absolute Gasteiger partial charge is 0.257 e. The van der Waals surface area contributed by atoms with E-state index in [1.165, 1.54) is 11.8 Å². The highest BCUT2D eigenvalue weighted by atomic mass is 32.2. The van der Waals surface area contributed by atoms with E-state index in [0.717, 1.165) is 30.1 Å². The van der Waals surface area contributed by atoms with Crippen LogP contribution >= 0.6 is 11.8 Å². The minimum absolute atomic E-state index is 0.265. The van der Waals surface area contributed by atoms with Crippen LogP contribution in [-0.4, -0.2) is 30.7 Å². The molecule has 1 amide bonds. The monoisotopic (exact) mass is 318 g/mol. The second-order valence-electron chi connectivity index (χ2n) is 5.13. The lowest BCUT2D eigenvalue weighted by atomic mass is 10.2. The van der Waals surface area contributed by atoms with E-state index in [9.17, 15) is 4.79 Å². The number of hydrogen-bond donors (Lipinski definition) is 2. The van der Waals surface area contributed by atoms with E-state index < -0.39 is 0 Å². The van der Waals surface area contributed by atoms with Crippen LogP contribution in [0.5, 0.6) is 0 Å². The fourth-order valence-corrected chi connectivity index (χ4v) is 3.49. The van der Waals surface area contributed by atoms with E-state index in [1.54, 1.807) is 5.48 Å². The third-order valence-corrected chi connectivity index (χ3v) is 4.87. The molecule has 1 unspecified atom stereocenters. The van der Waals surface area contributed by atoms with Crippen LogP contribution in [0.4, 0.5) is 0 Å². The van der Waals surface area contributed by atoms with Gasteiger partial charge < -0.3 is 4.57 Å². The Bertz CT molecular complexity index is 663. The quantitative estimate of drug-likeness (QED) is 0.632. The average molecular weight is 318 g/mol. The van der Waals surface area contributed by atoms with Crippen LogP contribution in [0.2, 0.25) is 0 Å².